The van der Waals surface area contributed by atoms with Crippen molar-refractivity contribution in [3.05, 3.63) is 12.2 Å². The summed E-state index contributed by atoms with van der Waals surface area (Å²) in [5, 5.41) is -5.29. The van der Waals surface area contributed by atoms with E-state index in [1.807, 2.05) is 0 Å². The van der Waals surface area contributed by atoms with Crippen LogP contribution in [0, 0.1) is 0 Å². The van der Waals surface area contributed by atoms with Crippen LogP contribution < -0.4 is 0 Å². The van der Waals surface area contributed by atoms with E-state index in [-0.39, 0.29) is 5.57 Å². The van der Waals surface area contributed by atoms with E-state index < -0.39 is 40.6 Å². The van der Waals surface area contributed by atoms with Crippen LogP contribution in [0.5, 0.6) is 0 Å². The fourth-order valence-electron chi connectivity index (χ4n) is 0.575. The number of hydrogen-bond acceptors (Lipinski definition) is 6. The van der Waals surface area contributed by atoms with E-state index in [0.29, 0.717) is 0 Å². The summed E-state index contributed by atoms with van der Waals surface area (Å²) in [6.45, 7) is 3.09. The van der Waals surface area contributed by atoms with Gasteiger partial charge in [0.1, 0.15) is 13.2 Å². The summed E-state index contributed by atoms with van der Waals surface area (Å²) in [7, 11) is -6.40. The van der Waals surface area contributed by atoms with E-state index in [1.165, 1.54) is 6.92 Å². The molecule has 0 aromatic heterocycles. The minimum Gasteiger partial charge on any atom is -0.459 e. The maximum atomic E-state index is 12.5. The van der Waals surface area contributed by atoms with Crippen molar-refractivity contribution < 1.29 is 40.1 Å². The van der Waals surface area contributed by atoms with Crippen molar-refractivity contribution in [1.82, 2.24) is 0 Å². The summed E-state index contributed by atoms with van der Waals surface area (Å²) < 4.78 is 64.9. The molecular formula is C8H9F3O6S. The normalized spacial score (nSPS) is 11.8. The topological polar surface area (TPSA) is 86.7 Å². The van der Waals surface area contributed by atoms with Crippen molar-refractivity contribution >= 4 is 22.2 Å². The summed E-state index contributed by atoms with van der Waals surface area (Å²) in [6.07, 6.45) is 0. The number of alkyl halides is 2. The minimum atomic E-state index is -6.40. The quantitative estimate of drug-likeness (QED) is 0.307. The number of hydrogen-bond donors (Lipinski definition) is 0. The van der Waals surface area contributed by atoms with Gasteiger partial charge in [-0.15, -0.1) is 0 Å². The predicted octanol–water partition coefficient (Wildman–Crippen LogP) is 0.541. The predicted molar refractivity (Wildman–Crippen MR) is 51.7 cm³/mol. The van der Waals surface area contributed by atoms with E-state index >= 15 is 0 Å². The lowest BCUT2D eigenvalue weighted by atomic mass is 10.4. The van der Waals surface area contributed by atoms with Crippen LogP contribution in [-0.4, -0.2) is 38.8 Å². The molecule has 104 valence electrons. The van der Waals surface area contributed by atoms with Gasteiger partial charge in [-0.1, -0.05) is 10.5 Å². The number of carbonyl (C=O) groups is 2. The fourth-order valence-corrected chi connectivity index (χ4v) is 0.833. The first-order valence-electron chi connectivity index (χ1n) is 4.32. The van der Waals surface area contributed by atoms with Crippen molar-refractivity contribution in [1.29, 1.82) is 0 Å². The zero-order valence-electron chi connectivity index (χ0n) is 9.11. The second-order valence-electron chi connectivity index (χ2n) is 3.01. The van der Waals surface area contributed by atoms with Crippen LogP contribution >= 0.6 is 0 Å². The molecule has 0 aromatic rings. The molecular weight excluding hydrogens is 281 g/mol. The molecule has 0 aromatic carbocycles. The number of ether oxygens (including phenoxy) is 2. The number of carbonyl (C=O) groups excluding carboxylic acids is 2. The molecule has 0 amide bonds. The smallest absolute Gasteiger partial charge is 0.459 e. The first kappa shape index (κ1) is 16.4. The molecule has 0 aliphatic heterocycles. The van der Waals surface area contributed by atoms with Crippen molar-refractivity contribution in [3.63, 3.8) is 0 Å². The second-order valence-corrected chi connectivity index (χ2v) is 4.40. The average molecular weight is 290 g/mol. The molecule has 0 aliphatic rings. The number of esters is 2. The molecule has 0 fully saturated rings. The summed E-state index contributed by atoms with van der Waals surface area (Å²) >= 11 is 0. The number of rotatable bonds is 6. The van der Waals surface area contributed by atoms with Gasteiger partial charge in [0.15, 0.2) is 0 Å². The van der Waals surface area contributed by atoms with Gasteiger partial charge in [0.2, 0.25) is 0 Å². The molecule has 18 heavy (non-hydrogen) atoms. The Bertz CT molecular complexity index is 455. The molecule has 0 saturated carbocycles. The van der Waals surface area contributed by atoms with Crippen LogP contribution in [0.4, 0.5) is 12.7 Å². The van der Waals surface area contributed by atoms with Crippen LogP contribution in [0.25, 0.3) is 0 Å². The van der Waals surface area contributed by atoms with Crippen LogP contribution in [-0.2, 0) is 29.3 Å². The highest BCUT2D eigenvalue weighted by Crippen LogP contribution is 2.24. The SMILES string of the molecule is C=C(C)C(=O)OCCOC(=O)C(F)(F)S(=O)(=O)F. The molecule has 0 spiro atoms. The van der Waals surface area contributed by atoms with Gasteiger partial charge in [-0.25, -0.2) is 9.59 Å². The highest BCUT2D eigenvalue weighted by atomic mass is 32.3. The van der Waals surface area contributed by atoms with Crippen LogP contribution in [0.1, 0.15) is 6.92 Å². The average Bonchev–Trinajstić information content (AvgIpc) is 2.21. The van der Waals surface area contributed by atoms with Crippen molar-refractivity contribution in [2.24, 2.45) is 0 Å². The Kier molecular flexibility index (Phi) is 5.33. The zero-order valence-corrected chi connectivity index (χ0v) is 9.93. The van der Waals surface area contributed by atoms with Crippen LogP contribution in [0.3, 0.4) is 0 Å². The third kappa shape index (κ3) is 4.35. The largest absolute Gasteiger partial charge is 0.470 e. The minimum absolute atomic E-state index is 0.0259. The van der Waals surface area contributed by atoms with Gasteiger partial charge in [-0.2, -0.15) is 17.2 Å². The molecule has 0 bridgehead atoms. The maximum Gasteiger partial charge on any atom is 0.470 e. The Hall–Kier alpha value is -1.58. The highest BCUT2D eigenvalue weighted by Gasteiger charge is 2.55. The Morgan fingerprint density at radius 3 is 2.06 bits per heavy atom. The van der Waals surface area contributed by atoms with E-state index in [1.54, 1.807) is 0 Å². The van der Waals surface area contributed by atoms with E-state index in [2.05, 4.69) is 16.1 Å². The summed E-state index contributed by atoms with van der Waals surface area (Å²) in [5.74, 6) is -3.44. The van der Waals surface area contributed by atoms with E-state index in [9.17, 15) is 30.7 Å². The molecule has 0 rings (SSSR count). The van der Waals surface area contributed by atoms with Gasteiger partial charge in [0.05, 0.1) is 0 Å². The van der Waals surface area contributed by atoms with E-state index in [0.717, 1.165) is 0 Å². The van der Waals surface area contributed by atoms with Gasteiger partial charge in [-0.3, -0.25) is 0 Å². The molecule has 6 nitrogen and oxygen atoms in total. The molecule has 0 N–H and O–H groups in total. The molecule has 0 atom stereocenters. The Labute approximate surface area is 101 Å². The van der Waals surface area contributed by atoms with Gasteiger partial charge in [0, 0.05) is 5.57 Å². The Morgan fingerprint density at radius 2 is 1.67 bits per heavy atom. The van der Waals surface area contributed by atoms with Crippen molar-refractivity contribution in [3.8, 4) is 0 Å². The van der Waals surface area contributed by atoms with Gasteiger partial charge < -0.3 is 9.47 Å². The highest BCUT2D eigenvalue weighted by molar-refractivity contribution is 7.88. The zero-order chi connectivity index (χ0) is 14.6. The van der Waals surface area contributed by atoms with Crippen LogP contribution in [0.15, 0.2) is 12.2 Å². The molecule has 0 aliphatic carbocycles. The first-order valence-corrected chi connectivity index (χ1v) is 5.70. The molecule has 0 saturated heterocycles. The van der Waals surface area contributed by atoms with Crippen molar-refractivity contribution in [2.75, 3.05) is 13.2 Å². The lowest BCUT2D eigenvalue weighted by molar-refractivity contribution is -0.164. The summed E-state index contributed by atoms with van der Waals surface area (Å²) in [4.78, 5) is 21.3. The number of halogens is 3. The van der Waals surface area contributed by atoms with Gasteiger partial charge in [0.25, 0.3) is 0 Å². The van der Waals surface area contributed by atoms with E-state index in [4.69, 9.17) is 0 Å². The summed E-state index contributed by atoms with van der Waals surface area (Å²) in [5.41, 5.74) is 0.0259. The molecule has 0 heterocycles. The Morgan fingerprint density at radius 1 is 1.22 bits per heavy atom. The summed E-state index contributed by atoms with van der Waals surface area (Å²) in [6, 6.07) is 0. The van der Waals surface area contributed by atoms with Crippen LogP contribution in [0.2, 0.25) is 0 Å². The lowest BCUT2D eigenvalue weighted by Gasteiger charge is -2.11. The Balaban J connectivity index is 4.22. The van der Waals surface area contributed by atoms with Gasteiger partial charge >= 0.3 is 27.4 Å². The second kappa shape index (κ2) is 5.85. The monoisotopic (exact) mass is 290 g/mol. The molecule has 0 radical (unpaired) electrons. The fraction of sp³-hybridized carbons (Fsp3) is 0.500. The molecule has 10 heteroatoms. The third-order valence-electron chi connectivity index (χ3n) is 1.44. The lowest BCUT2D eigenvalue weighted by Crippen LogP contribution is -2.37. The van der Waals surface area contributed by atoms with Crippen molar-refractivity contribution in [2.45, 2.75) is 12.2 Å². The maximum absolute atomic E-state index is 12.5. The first-order chi connectivity index (χ1) is 8.00. The third-order valence-corrected chi connectivity index (χ3v) is 2.22. The van der Waals surface area contributed by atoms with Gasteiger partial charge in [-0.05, 0) is 6.92 Å². The molecule has 0 unspecified atom stereocenters. The standard InChI is InChI=1S/C8H9F3O6S/c1-5(2)6(12)16-3-4-17-7(13)8(9,10)18(11,14)15/h1,3-4H2,2H3.